The summed E-state index contributed by atoms with van der Waals surface area (Å²) in [6.45, 7) is -1.21. The van der Waals surface area contributed by atoms with Gasteiger partial charge in [-0.25, -0.2) is 19.1 Å². The lowest BCUT2D eigenvalue weighted by atomic mass is 9.96. The number of fused-ring (bicyclic) bond motifs is 4. The van der Waals surface area contributed by atoms with Crippen molar-refractivity contribution in [3.8, 4) is 0 Å². The molecule has 11 unspecified atom stereocenters. The number of hydrogen-bond donors (Lipinski definition) is 7. The van der Waals surface area contributed by atoms with Gasteiger partial charge in [0.2, 0.25) is 11.9 Å². The van der Waals surface area contributed by atoms with Gasteiger partial charge in [-0.3, -0.25) is 46.8 Å². The molecule has 0 spiro atoms. The summed E-state index contributed by atoms with van der Waals surface area (Å²) in [6, 6.07) is -1.27. The van der Waals surface area contributed by atoms with Crippen molar-refractivity contribution in [1.29, 1.82) is 0 Å². The fraction of sp³-hybridized carbons (Fsp3) is 0.545. The number of nitrogens with zero attached hydrogens (tertiary/aromatic N) is 6. The number of imidazole rings is 2. The Morgan fingerprint density at radius 1 is 0.771 bits per heavy atom. The van der Waals surface area contributed by atoms with E-state index < -0.39 is 94.9 Å². The molecule has 4 aromatic heterocycles. The number of phosphoric acid groups is 2. The number of ether oxygens (including phenoxy) is 3. The van der Waals surface area contributed by atoms with Crippen LogP contribution in [0.1, 0.15) is 12.5 Å². The lowest BCUT2D eigenvalue weighted by Gasteiger charge is -2.28. The summed E-state index contributed by atoms with van der Waals surface area (Å²) in [5, 5.41) is 0. The van der Waals surface area contributed by atoms with Gasteiger partial charge < -0.3 is 41.2 Å². The number of nitrogen functional groups attached to an aromatic ring is 2. The van der Waals surface area contributed by atoms with Gasteiger partial charge in [-0.05, 0) is 0 Å². The van der Waals surface area contributed by atoms with Gasteiger partial charge in [-0.2, -0.15) is 9.97 Å². The van der Waals surface area contributed by atoms with Crippen LogP contribution in [0.15, 0.2) is 22.2 Å². The monoisotopic (exact) mass is 715 g/mol. The number of H-pyrrole nitrogens is 2. The zero-order valence-electron chi connectivity index (χ0n) is 24.2. The number of hydrogen-bond acceptors (Lipinski definition) is 18. The van der Waals surface area contributed by atoms with E-state index in [4.69, 9.17) is 49.5 Å². The first-order chi connectivity index (χ1) is 22.8. The van der Waals surface area contributed by atoms with Crippen LogP contribution in [0, 0.1) is 5.92 Å². The summed E-state index contributed by atoms with van der Waals surface area (Å²) in [5.41, 5.74) is 16.4. The Morgan fingerprint density at radius 2 is 1.25 bits per heavy atom. The minimum atomic E-state index is -4.98. The van der Waals surface area contributed by atoms with Gasteiger partial charge in [0.25, 0.3) is 11.1 Å². The maximum atomic E-state index is 13.4. The fourth-order valence-corrected chi connectivity index (χ4v) is 8.16. The molecule has 26 heteroatoms. The Balaban J connectivity index is 1.11. The predicted molar refractivity (Wildman–Crippen MR) is 155 cm³/mol. The molecule has 4 aromatic rings. The molecule has 8 rings (SSSR count). The van der Waals surface area contributed by atoms with E-state index in [2.05, 4.69) is 29.9 Å². The largest absolute Gasteiger partial charge is 0.472 e. The topological polar surface area (TPSA) is 348 Å². The number of rotatable bonds is 3. The molecule has 4 saturated heterocycles. The Morgan fingerprint density at radius 3 is 1.79 bits per heavy atom. The SMILES string of the molecule is Nc1nc2c(ncn2C2OC3COP(=O)(O)OC4C(COP(=O)(O)OC3C2N)OC(n2cnc3c(=O)[nH]c(N)nc32)C4C2CO2)c(=O)[nH]1. The summed E-state index contributed by atoms with van der Waals surface area (Å²) in [4.78, 5) is 67.4. The highest BCUT2D eigenvalue weighted by Gasteiger charge is 2.58. The highest BCUT2D eigenvalue weighted by atomic mass is 31.2. The Bertz CT molecular complexity index is 2130. The Hall–Kier alpha value is -3.64. The van der Waals surface area contributed by atoms with Gasteiger partial charge in [0.15, 0.2) is 28.6 Å². The van der Waals surface area contributed by atoms with Crippen molar-refractivity contribution in [2.24, 2.45) is 11.7 Å². The smallest absolute Gasteiger partial charge is 0.373 e. The highest BCUT2D eigenvalue weighted by molar-refractivity contribution is 7.47. The fourth-order valence-electron chi connectivity index (χ4n) is 6.20. The van der Waals surface area contributed by atoms with Crippen LogP contribution in [0.3, 0.4) is 0 Å². The molecule has 0 aliphatic carbocycles. The van der Waals surface area contributed by atoms with Crippen molar-refractivity contribution in [2.75, 3.05) is 31.3 Å². The van der Waals surface area contributed by atoms with Crippen LogP contribution in [0.4, 0.5) is 11.9 Å². The predicted octanol–water partition coefficient (Wildman–Crippen LogP) is -2.43. The van der Waals surface area contributed by atoms with Crippen LogP contribution in [0.5, 0.6) is 0 Å². The van der Waals surface area contributed by atoms with Crippen molar-refractivity contribution in [3.63, 3.8) is 0 Å². The maximum absolute atomic E-state index is 13.4. The van der Waals surface area contributed by atoms with Crippen molar-refractivity contribution in [1.82, 2.24) is 39.0 Å². The van der Waals surface area contributed by atoms with E-state index in [-0.39, 0.29) is 40.8 Å². The third-order valence-electron chi connectivity index (χ3n) is 8.33. The van der Waals surface area contributed by atoms with Gasteiger partial charge in [-0.15, -0.1) is 0 Å². The second-order valence-corrected chi connectivity index (χ2v) is 14.2. The van der Waals surface area contributed by atoms with Gasteiger partial charge in [0, 0.05) is 0 Å². The summed E-state index contributed by atoms with van der Waals surface area (Å²) in [7, 11) is -9.94. The molecule has 4 fully saturated rings. The first-order valence-corrected chi connectivity index (χ1v) is 17.2. The maximum Gasteiger partial charge on any atom is 0.472 e. The van der Waals surface area contributed by atoms with E-state index in [1.807, 2.05) is 0 Å². The molecule has 0 amide bonds. The molecule has 8 heterocycles. The number of aromatic nitrogens is 8. The van der Waals surface area contributed by atoms with Crippen LogP contribution in [-0.4, -0.2) is 105 Å². The van der Waals surface area contributed by atoms with Crippen LogP contribution < -0.4 is 28.3 Å². The molecule has 4 aliphatic rings. The number of anilines is 2. The zero-order chi connectivity index (χ0) is 33.7. The Kier molecular flexibility index (Phi) is 7.38. The van der Waals surface area contributed by atoms with Gasteiger partial charge in [-0.1, -0.05) is 0 Å². The standard InChI is InChI=1S/C22H27N11O13P2/c23-10-14-8(44-20(10)33-5-27-12-16(33)29-22(25)31-18(12)35)3-42-47(36,37)45-13-7(2-41-48(38,39)46-14)43-19(9(13)6-1-40-6)32-4-26-11-15(32)28-21(24)30-17(11)34/h4-10,13-14,19-20H,1-3,23H2,(H,36,37)(H,38,39)(H3,24,28,30,34)(H3,25,29,31,35). The van der Waals surface area contributed by atoms with Crippen molar-refractivity contribution in [2.45, 2.75) is 49.0 Å². The molecule has 11 atom stereocenters. The van der Waals surface area contributed by atoms with Crippen molar-refractivity contribution < 1.29 is 51.2 Å². The van der Waals surface area contributed by atoms with Gasteiger partial charge in [0.05, 0.1) is 50.5 Å². The number of aromatic amines is 2. The van der Waals surface area contributed by atoms with Crippen molar-refractivity contribution in [3.05, 3.63) is 33.4 Å². The lowest BCUT2D eigenvalue weighted by Crippen LogP contribution is -2.42. The molecule has 24 nitrogen and oxygen atoms in total. The third-order valence-corrected chi connectivity index (χ3v) is 10.3. The second kappa shape index (κ2) is 11.2. The summed E-state index contributed by atoms with van der Waals surface area (Å²) in [5.74, 6) is -1.29. The molecule has 10 N–H and O–H groups in total. The number of epoxide rings is 1. The molecule has 48 heavy (non-hydrogen) atoms. The molecule has 258 valence electrons. The highest BCUT2D eigenvalue weighted by Crippen LogP contribution is 2.55. The normalized spacial score (nSPS) is 38.8. The minimum absolute atomic E-state index is 0.0180. The number of nitrogens with two attached hydrogens (primary N) is 3. The number of phosphoric ester groups is 2. The van der Waals surface area contributed by atoms with E-state index in [9.17, 15) is 28.5 Å². The molecule has 0 saturated carbocycles. The van der Waals surface area contributed by atoms with Crippen molar-refractivity contribution >= 4 is 49.9 Å². The van der Waals surface area contributed by atoms with Crippen LogP contribution in [0.2, 0.25) is 0 Å². The quantitative estimate of drug-likeness (QED) is 0.0856. The van der Waals surface area contributed by atoms with Gasteiger partial charge in [0.1, 0.15) is 30.6 Å². The molecule has 4 aliphatic heterocycles. The van der Waals surface area contributed by atoms with Crippen LogP contribution in [-0.2, 0) is 41.4 Å². The second-order valence-electron chi connectivity index (χ2n) is 11.4. The van der Waals surface area contributed by atoms with Crippen LogP contribution in [0.25, 0.3) is 22.3 Å². The average molecular weight is 715 g/mol. The molecule has 0 bridgehead atoms. The number of nitrogens with one attached hydrogen (secondary N) is 2. The van der Waals surface area contributed by atoms with E-state index in [0.29, 0.717) is 0 Å². The molecule has 0 radical (unpaired) electrons. The van der Waals surface area contributed by atoms with Crippen LogP contribution >= 0.6 is 15.6 Å². The average Bonchev–Trinajstić information content (AvgIpc) is 3.30. The zero-order valence-corrected chi connectivity index (χ0v) is 26.0. The summed E-state index contributed by atoms with van der Waals surface area (Å²) in [6.07, 6.45) is -5.90. The summed E-state index contributed by atoms with van der Waals surface area (Å²) < 4.78 is 68.7. The van der Waals surface area contributed by atoms with E-state index in [0.717, 1.165) is 0 Å². The van der Waals surface area contributed by atoms with E-state index in [1.54, 1.807) is 0 Å². The molecular weight excluding hydrogens is 688 g/mol. The minimum Gasteiger partial charge on any atom is -0.373 e. The third kappa shape index (κ3) is 5.45. The summed E-state index contributed by atoms with van der Waals surface area (Å²) >= 11 is 0. The first kappa shape index (κ1) is 31.6. The lowest BCUT2D eigenvalue weighted by molar-refractivity contribution is -0.0661. The van der Waals surface area contributed by atoms with E-state index in [1.165, 1.54) is 21.8 Å². The van der Waals surface area contributed by atoms with Gasteiger partial charge >= 0.3 is 15.6 Å². The molecule has 0 aromatic carbocycles. The first-order valence-electron chi connectivity index (χ1n) is 14.2. The van der Waals surface area contributed by atoms with E-state index >= 15 is 0 Å². The molecular formula is C22H27N11O13P2. The Labute approximate surface area is 265 Å².